The zero-order valence-electron chi connectivity index (χ0n) is 22.7. The highest BCUT2D eigenvalue weighted by molar-refractivity contribution is 7.92. The molecule has 2 aromatic rings. The minimum atomic E-state index is -3.85. The van der Waals surface area contributed by atoms with Gasteiger partial charge in [0, 0.05) is 37.6 Å². The lowest BCUT2D eigenvalue weighted by atomic mass is 9.94. The summed E-state index contributed by atoms with van der Waals surface area (Å²) in [6.07, 6.45) is 7.56. The molecule has 0 bridgehead atoms. The van der Waals surface area contributed by atoms with E-state index in [2.05, 4.69) is 15.0 Å². The number of nitrogens with zero attached hydrogens (tertiary/aromatic N) is 1. The van der Waals surface area contributed by atoms with Gasteiger partial charge in [-0.2, -0.15) is 0 Å². The zero-order chi connectivity index (χ0) is 28.1. The fourth-order valence-electron chi connectivity index (χ4n) is 6.72. The maximum absolute atomic E-state index is 13.7. The molecule has 4 heterocycles. The molecule has 1 aromatic heterocycles. The predicted octanol–water partition coefficient (Wildman–Crippen LogP) is 4.07. The van der Waals surface area contributed by atoms with Gasteiger partial charge in [0.05, 0.1) is 4.90 Å². The number of ether oxygens (including phenoxy) is 5. The molecular weight excluding hydrogens is 550 g/mol. The van der Waals surface area contributed by atoms with E-state index in [0.717, 1.165) is 64.2 Å². The summed E-state index contributed by atoms with van der Waals surface area (Å²) in [5.74, 6) is -1.65. The second-order valence-electron chi connectivity index (χ2n) is 11.6. The molecule has 5 aliphatic rings. The molecule has 12 heteroatoms. The van der Waals surface area contributed by atoms with E-state index in [1.807, 2.05) is 0 Å². The van der Waals surface area contributed by atoms with Gasteiger partial charge in [-0.3, -0.25) is 9.52 Å². The molecule has 0 unspecified atom stereocenters. The number of amides is 1. The van der Waals surface area contributed by atoms with Crippen molar-refractivity contribution in [2.24, 2.45) is 0 Å². The molecule has 5 atom stereocenters. The van der Waals surface area contributed by atoms with Crippen LogP contribution in [0.4, 0.5) is 11.5 Å². The fraction of sp³-hybridized carbons (Fsp3) is 0.586. The van der Waals surface area contributed by atoms with E-state index in [1.165, 1.54) is 30.5 Å². The summed E-state index contributed by atoms with van der Waals surface area (Å²) in [7, 11) is -3.85. The highest BCUT2D eigenvalue weighted by Crippen LogP contribution is 2.51. The topological polar surface area (TPSA) is 134 Å². The lowest BCUT2D eigenvalue weighted by molar-refractivity contribution is -0.246. The van der Waals surface area contributed by atoms with Gasteiger partial charge in [0.15, 0.2) is 24.0 Å². The van der Waals surface area contributed by atoms with Crippen molar-refractivity contribution in [3.63, 3.8) is 0 Å². The minimum absolute atomic E-state index is 0.0408. The number of nitrogens with one attached hydrogen (secondary N) is 2. The van der Waals surface area contributed by atoms with Gasteiger partial charge in [0.25, 0.3) is 15.9 Å². The lowest BCUT2D eigenvalue weighted by Gasteiger charge is -2.36. The van der Waals surface area contributed by atoms with Gasteiger partial charge in [-0.05, 0) is 62.1 Å². The number of rotatable bonds is 5. The van der Waals surface area contributed by atoms with Crippen LogP contribution >= 0.6 is 0 Å². The van der Waals surface area contributed by atoms with Gasteiger partial charge >= 0.3 is 0 Å². The van der Waals surface area contributed by atoms with E-state index in [9.17, 15) is 13.2 Å². The average Bonchev–Trinajstić information content (AvgIpc) is 3.51. The number of carbonyl (C=O) groups excluding carboxylic acids is 1. The van der Waals surface area contributed by atoms with Crippen LogP contribution in [0.3, 0.4) is 0 Å². The summed E-state index contributed by atoms with van der Waals surface area (Å²) in [5, 5.41) is 2.87. The first-order valence-corrected chi connectivity index (χ1v) is 16.0. The SMILES string of the molecule is O=C(Nc1ccc(S(=O)(=O)Nc2ccccn2)cc1)[C@H]1O[C@@H]2OC3(CCCCC3)O[C@@H]2[C@H]2OC3(CCCCC3)O[C@H]21. The van der Waals surface area contributed by atoms with E-state index in [0.29, 0.717) is 5.69 Å². The van der Waals surface area contributed by atoms with Crippen molar-refractivity contribution in [1.82, 2.24) is 4.98 Å². The first kappa shape index (κ1) is 27.2. The van der Waals surface area contributed by atoms with Crippen LogP contribution in [-0.4, -0.2) is 61.6 Å². The van der Waals surface area contributed by atoms with Crippen LogP contribution in [0, 0.1) is 0 Å². The van der Waals surface area contributed by atoms with Gasteiger partial charge in [-0.1, -0.05) is 18.9 Å². The second kappa shape index (κ2) is 10.6. The molecule has 2 saturated carbocycles. The summed E-state index contributed by atoms with van der Waals surface area (Å²) >= 11 is 0. The Morgan fingerprint density at radius 2 is 1.41 bits per heavy atom. The Hall–Kier alpha value is -2.61. The van der Waals surface area contributed by atoms with Crippen molar-refractivity contribution < 1.29 is 36.9 Å². The standard InChI is InChI=1S/C29H35N3O8S/c33-26(31-19-10-12-20(13-11-19)41(34,35)32-21-9-3-8-18-30-21)24-22-23(38-28(37-22)14-4-1-5-15-28)25-27(36-24)40-29(39-25)16-6-2-7-17-29/h3,8-13,18,22-25,27H,1-2,4-7,14-17H2,(H,30,32)(H,31,33)/t22-,23+,24+,25-,27-/m1/s1. The molecule has 1 amide bonds. The van der Waals surface area contributed by atoms with E-state index < -0.39 is 58.2 Å². The van der Waals surface area contributed by atoms with Crippen LogP contribution in [0.1, 0.15) is 64.2 Å². The third-order valence-corrected chi connectivity index (χ3v) is 10.1. The van der Waals surface area contributed by atoms with Gasteiger partial charge in [-0.15, -0.1) is 0 Å². The minimum Gasteiger partial charge on any atom is -0.341 e. The van der Waals surface area contributed by atoms with E-state index in [4.69, 9.17) is 23.7 Å². The summed E-state index contributed by atoms with van der Waals surface area (Å²) in [6.45, 7) is 0. The molecule has 220 valence electrons. The monoisotopic (exact) mass is 585 g/mol. The normalized spacial score (nSPS) is 31.9. The van der Waals surface area contributed by atoms with Crippen LogP contribution in [0.25, 0.3) is 0 Å². The number of pyridine rings is 1. The summed E-state index contributed by atoms with van der Waals surface area (Å²) < 4.78 is 60.3. The number of benzene rings is 1. The van der Waals surface area contributed by atoms with Crippen molar-refractivity contribution in [3.05, 3.63) is 48.7 Å². The number of sulfonamides is 1. The zero-order valence-corrected chi connectivity index (χ0v) is 23.5. The Bertz CT molecular complexity index is 1360. The molecule has 11 nitrogen and oxygen atoms in total. The smallest absolute Gasteiger partial charge is 0.263 e. The number of anilines is 2. The van der Waals surface area contributed by atoms with E-state index in [-0.39, 0.29) is 10.7 Å². The Morgan fingerprint density at radius 1 is 0.780 bits per heavy atom. The molecule has 2 aliphatic carbocycles. The van der Waals surface area contributed by atoms with E-state index >= 15 is 0 Å². The summed E-state index contributed by atoms with van der Waals surface area (Å²) in [4.78, 5) is 17.7. The summed E-state index contributed by atoms with van der Waals surface area (Å²) in [5.41, 5.74) is 0.424. The summed E-state index contributed by atoms with van der Waals surface area (Å²) in [6, 6.07) is 10.9. The largest absolute Gasteiger partial charge is 0.341 e. The number of hydrogen-bond donors (Lipinski definition) is 2. The van der Waals surface area contributed by atoms with Crippen molar-refractivity contribution in [1.29, 1.82) is 0 Å². The van der Waals surface area contributed by atoms with Crippen molar-refractivity contribution >= 4 is 27.4 Å². The number of carbonyl (C=O) groups is 1. The Balaban J connectivity index is 1.09. The Kier molecular flexibility index (Phi) is 7.03. The highest BCUT2D eigenvalue weighted by atomic mass is 32.2. The molecule has 1 aromatic carbocycles. The number of fused-ring (bicyclic) bond motifs is 3. The number of hydrogen-bond acceptors (Lipinski definition) is 9. The molecule has 5 fully saturated rings. The van der Waals surface area contributed by atoms with Crippen LogP contribution in [0.15, 0.2) is 53.6 Å². The Labute approximate surface area is 239 Å². The van der Waals surface area contributed by atoms with Crippen LogP contribution in [0.2, 0.25) is 0 Å². The first-order chi connectivity index (χ1) is 19.8. The molecule has 2 N–H and O–H groups in total. The van der Waals surface area contributed by atoms with Gasteiger partial charge in [0.1, 0.15) is 24.1 Å². The molecule has 7 rings (SSSR count). The van der Waals surface area contributed by atoms with Crippen molar-refractivity contribution in [3.8, 4) is 0 Å². The van der Waals surface area contributed by atoms with Gasteiger partial charge in [0.2, 0.25) is 0 Å². The third kappa shape index (κ3) is 5.26. The molecular formula is C29H35N3O8S. The van der Waals surface area contributed by atoms with Gasteiger partial charge in [-0.25, -0.2) is 13.4 Å². The van der Waals surface area contributed by atoms with Crippen LogP contribution < -0.4 is 10.0 Å². The lowest BCUT2D eigenvalue weighted by Crippen LogP contribution is -2.58. The van der Waals surface area contributed by atoms with Crippen molar-refractivity contribution in [2.45, 2.75) is 111 Å². The van der Waals surface area contributed by atoms with Crippen LogP contribution in [0.5, 0.6) is 0 Å². The number of aromatic nitrogens is 1. The molecule has 2 spiro atoms. The Morgan fingerprint density at radius 3 is 2.07 bits per heavy atom. The van der Waals surface area contributed by atoms with Gasteiger partial charge < -0.3 is 29.0 Å². The van der Waals surface area contributed by atoms with E-state index in [1.54, 1.807) is 18.2 Å². The predicted molar refractivity (Wildman–Crippen MR) is 146 cm³/mol. The van der Waals surface area contributed by atoms with Crippen molar-refractivity contribution in [2.75, 3.05) is 10.0 Å². The maximum atomic E-state index is 13.7. The second-order valence-corrected chi connectivity index (χ2v) is 13.2. The maximum Gasteiger partial charge on any atom is 0.263 e. The first-order valence-electron chi connectivity index (χ1n) is 14.6. The molecule has 3 aliphatic heterocycles. The fourth-order valence-corrected chi connectivity index (χ4v) is 7.73. The van der Waals surface area contributed by atoms with Crippen LogP contribution in [-0.2, 0) is 38.5 Å². The third-order valence-electron chi connectivity index (χ3n) is 8.70. The molecule has 3 saturated heterocycles. The average molecular weight is 586 g/mol. The highest BCUT2D eigenvalue weighted by Gasteiger charge is 2.65. The molecule has 0 radical (unpaired) electrons. The quantitative estimate of drug-likeness (QED) is 0.533. The molecule has 41 heavy (non-hydrogen) atoms.